The van der Waals surface area contributed by atoms with Crippen molar-refractivity contribution in [3.63, 3.8) is 0 Å². The van der Waals surface area contributed by atoms with Crippen molar-refractivity contribution in [1.29, 1.82) is 0 Å². The average molecular weight is 248 g/mol. The first-order chi connectivity index (χ1) is 7.29. The monoisotopic (exact) mass is 248 g/mol. The van der Waals surface area contributed by atoms with Crippen LogP contribution in [0.15, 0.2) is 0 Å². The molecular formula is C11H24N2O2S. The van der Waals surface area contributed by atoms with Crippen molar-refractivity contribution in [2.24, 2.45) is 5.73 Å². The van der Waals surface area contributed by atoms with E-state index < -0.39 is 10.8 Å². The first-order valence-corrected chi connectivity index (χ1v) is 6.93. The van der Waals surface area contributed by atoms with Gasteiger partial charge in [0.1, 0.15) is 0 Å². The summed E-state index contributed by atoms with van der Waals surface area (Å²) in [5.74, 6) is 0.487. The van der Waals surface area contributed by atoms with Crippen LogP contribution in [0.3, 0.4) is 0 Å². The molecule has 0 fully saturated rings. The fraction of sp³-hybridized carbons (Fsp3) is 0.909. The molecule has 4 nitrogen and oxygen atoms in total. The number of carbonyl (C=O) groups excluding carboxylic acids is 1. The average Bonchev–Trinajstić information content (AvgIpc) is 2.20. The van der Waals surface area contributed by atoms with Gasteiger partial charge in [-0.2, -0.15) is 0 Å². The fourth-order valence-electron chi connectivity index (χ4n) is 1.13. The number of hydrogen-bond donors (Lipinski definition) is 1. The van der Waals surface area contributed by atoms with E-state index in [1.807, 2.05) is 20.8 Å². The molecule has 0 saturated carbocycles. The van der Waals surface area contributed by atoms with Gasteiger partial charge in [-0.05, 0) is 33.7 Å². The Hall–Kier alpha value is -0.420. The number of carbonyl (C=O) groups is 1. The van der Waals surface area contributed by atoms with E-state index in [1.54, 1.807) is 11.9 Å². The van der Waals surface area contributed by atoms with Gasteiger partial charge in [0.25, 0.3) is 0 Å². The lowest BCUT2D eigenvalue weighted by Gasteiger charge is -2.20. The smallest absolute Gasteiger partial charge is 0.223 e. The molecule has 0 spiro atoms. The van der Waals surface area contributed by atoms with Crippen LogP contribution in [0.25, 0.3) is 0 Å². The van der Waals surface area contributed by atoms with E-state index in [0.717, 1.165) is 6.42 Å². The highest BCUT2D eigenvalue weighted by molar-refractivity contribution is 7.86. The number of rotatable bonds is 6. The van der Waals surface area contributed by atoms with Crippen molar-refractivity contribution >= 4 is 16.7 Å². The molecule has 0 aromatic heterocycles. The molecule has 0 aliphatic carbocycles. The molecule has 0 radical (unpaired) electrons. The second-order valence-corrected chi connectivity index (χ2v) is 7.19. The van der Waals surface area contributed by atoms with Crippen LogP contribution in [0.2, 0.25) is 0 Å². The maximum Gasteiger partial charge on any atom is 0.223 e. The molecule has 2 N–H and O–H groups in total. The first kappa shape index (κ1) is 15.6. The minimum absolute atomic E-state index is 0.0473. The van der Waals surface area contributed by atoms with Crippen LogP contribution < -0.4 is 5.73 Å². The van der Waals surface area contributed by atoms with Gasteiger partial charge >= 0.3 is 0 Å². The second-order valence-electron chi connectivity index (χ2n) is 4.87. The number of nitrogens with two attached hydrogens (primary N) is 1. The summed E-state index contributed by atoms with van der Waals surface area (Å²) in [7, 11) is 0.810. The maximum atomic E-state index is 11.7. The van der Waals surface area contributed by atoms with E-state index in [-0.39, 0.29) is 10.7 Å². The molecule has 16 heavy (non-hydrogen) atoms. The fourth-order valence-corrected chi connectivity index (χ4v) is 2.10. The van der Waals surface area contributed by atoms with Crippen molar-refractivity contribution in [2.75, 3.05) is 25.9 Å². The molecule has 0 aliphatic rings. The quantitative estimate of drug-likeness (QED) is 0.754. The summed E-state index contributed by atoms with van der Waals surface area (Å²) in [6, 6.07) is 0. The lowest BCUT2D eigenvalue weighted by atomic mass is 10.3. The van der Waals surface area contributed by atoms with Gasteiger partial charge in [0, 0.05) is 41.3 Å². The molecule has 5 heteroatoms. The number of hydrogen-bond acceptors (Lipinski definition) is 3. The van der Waals surface area contributed by atoms with E-state index in [4.69, 9.17) is 5.73 Å². The Labute approximate surface area is 101 Å². The van der Waals surface area contributed by atoms with Crippen molar-refractivity contribution in [3.8, 4) is 0 Å². The summed E-state index contributed by atoms with van der Waals surface area (Å²) in [6.45, 7) is 7.03. The highest BCUT2D eigenvalue weighted by Gasteiger charge is 2.20. The molecule has 0 aromatic carbocycles. The zero-order valence-corrected chi connectivity index (χ0v) is 11.6. The van der Waals surface area contributed by atoms with Crippen LogP contribution in [0.4, 0.5) is 0 Å². The predicted molar refractivity (Wildman–Crippen MR) is 68.7 cm³/mol. The molecule has 0 rings (SSSR count). The Balaban J connectivity index is 3.94. The molecule has 1 unspecified atom stereocenters. The van der Waals surface area contributed by atoms with Crippen molar-refractivity contribution in [2.45, 2.75) is 38.4 Å². The van der Waals surface area contributed by atoms with Gasteiger partial charge < -0.3 is 10.6 Å². The van der Waals surface area contributed by atoms with Crippen LogP contribution in [0.5, 0.6) is 0 Å². The number of nitrogens with zero attached hydrogens (tertiary/aromatic N) is 1. The topological polar surface area (TPSA) is 63.4 Å². The van der Waals surface area contributed by atoms with Crippen LogP contribution in [-0.4, -0.2) is 45.7 Å². The Morgan fingerprint density at radius 2 is 1.94 bits per heavy atom. The molecule has 1 atom stereocenters. The van der Waals surface area contributed by atoms with Crippen molar-refractivity contribution in [1.82, 2.24) is 4.90 Å². The van der Waals surface area contributed by atoms with E-state index in [1.165, 1.54) is 0 Å². The van der Waals surface area contributed by atoms with Crippen molar-refractivity contribution < 1.29 is 9.00 Å². The third-order valence-electron chi connectivity index (χ3n) is 2.31. The van der Waals surface area contributed by atoms with Gasteiger partial charge in [0.05, 0.1) is 0 Å². The maximum absolute atomic E-state index is 11.7. The second kappa shape index (κ2) is 7.01. The van der Waals surface area contributed by atoms with E-state index in [9.17, 15) is 9.00 Å². The Kier molecular flexibility index (Phi) is 6.83. The van der Waals surface area contributed by atoms with Gasteiger partial charge in [0.15, 0.2) is 0 Å². The lowest BCUT2D eigenvalue weighted by molar-refractivity contribution is -0.129. The molecule has 0 heterocycles. The zero-order valence-electron chi connectivity index (χ0n) is 10.8. The summed E-state index contributed by atoms with van der Waals surface area (Å²) in [4.78, 5) is 13.3. The van der Waals surface area contributed by atoms with Gasteiger partial charge in [-0.1, -0.05) is 0 Å². The van der Waals surface area contributed by atoms with Crippen LogP contribution in [-0.2, 0) is 15.6 Å². The Bertz CT molecular complexity index is 249. The lowest BCUT2D eigenvalue weighted by Crippen LogP contribution is -2.32. The van der Waals surface area contributed by atoms with Crippen molar-refractivity contribution in [3.05, 3.63) is 0 Å². The molecule has 0 aliphatic heterocycles. The van der Waals surface area contributed by atoms with Gasteiger partial charge in [-0.3, -0.25) is 9.00 Å². The highest BCUT2D eigenvalue weighted by Crippen LogP contribution is 2.12. The predicted octanol–water partition coefficient (Wildman–Crippen LogP) is 0.731. The summed E-state index contributed by atoms with van der Waals surface area (Å²) in [6.07, 6.45) is 1.16. The number of amides is 1. The largest absolute Gasteiger partial charge is 0.346 e. The highest BCUT2D eigenvalue weighted by atomic mass is 32.2. The minimum atomic E-state index is -0.952. The normalized spacial score (nSPS) is 13.6. The van der Waals surface area contributed by atoms with Crippen LogP contribution in [0, 0.1) is 0 Å². The third-order valence-corrected chi connectivity index (χ3v) is 4.25. The van der Waals surface area contributed by atoms with Gasteiger partial charge in [-0.25, -0.2) is 0 Å². The van der Waals surface area contributed by atoms with E-state index >= 15 is 0 Å². The Morgan fingerprint density at radius 3 is 2.38 bits per heavy atom. The van der Waals surface area contributed by atoms with Gasteiger partial charge in [-0.15, -0.1) is 0 Å². The molecule has 1 amide bonds. The molecule has 96 valence electrons. The molecule has 0 saturated heterocycles. The summed E-state index contributed by atoms with van der Waals surface area (Å²) in [5, 5.41) is 0. The summed E-state index contributed by atoms with van der Waals surface area (Å²) in [5.41, 5.74) is 5.37. The third kappa shape index (κ3) is 6.23. The van der Waals surface area contributed by atoms with Crippen LogP contribution in [0.1, 0.15) is 33.6 Å². The van der Waals surface area contributed by atoms with E-state index in [0.29, 0.717) is 25.3 Å². The molecule has 0 aromatic rings. The molecule has 0 bridgehead atoms. The van der Waals surface area contributed by atoms with Crippen LogP contribution >= 0.6 is 0 Å². The standard InChI is InChI=1S/C11H24N2O2S/c1-11(2,3)16(15)9-6-10(14)13(4)8-5-7-12/h5-9,12H2,1-4H3. The first-order valence-electron chi connectivity index (χ1n) is 5.61. The summed E-state index contributed by atoms with van der Waals surface area (Å²) >= 11 is 0. The zero-order chi connectivity index (χ0) is 12.8. The molecular weight excluding hydrogens is 224 g/mol. The van der Waals surface area contributed by atoms with Gasteiger partial charge in [0.2, 0.25) is 5.91 Å². The Morgan fingerprint density at radius 1 is 1.38 bits per heavy atom. The summed E-state index contributed by atoms with van der Waals surface area (Å²) < 4.78 is 11.5. The minimum Gasteiger partial charge on any atom is -0.346 e. The van der Waals surface area contributed by atoms with E-state index in [2.05, 4.69) is 0 Å². The SMILES string of the molecule is CN(CCCN)C(=O)CCS(=O)C(C)(C)C.